The van der Waals surface area contributed by atoms with Crippen LogP contribution in [-0.4, -0.2) is 0 Å². The van der Waals surface area contributed by atoms with Gasteiger partial charge in [-0.05, 0) is 0 Å². The van der Waals surface area contributed by atoms with Crippen LogP contribution in [0.15, 0.2) is 30.3 Å². The van der Waals surface area contributed by atoms with Crippen molar-refractivity contribution in [3.05, 3.63) is 37.8 Å². The summed E-state index contributed by atoms with van der Waals surface area (Å²) in [7, 11) is 0. The quantitative estimate of drug-likeness (QED) is 0.341. The Morgan fingerprint density at radius 1 is 1.00 bits per heavy atom. The number of hydrogen-bond donors (Lipinski definition) is 0. The van der Waals surface area contributed by atoms with E-state index in [0.29, 0.717) is 0 Å². The van der Waals surface area contributed by atoms with Crippen LogP contribution >= 0.6 is 0 Å². The maximum atomic E-state index is 2.00. The molecule has 8 heavy (non-hydrogen) atoms. The summed E-state index contributed by atoms with van der Waals surface area (Å²) in [4.78, 5) is 0. The van der Waals surface area contributed by atoms with Gasteiger partial charge in [-0.2, -0.15) is 18.2 Å². The Labute approximate surface area is 67.5 Å². The van der Waals surface area contributed by atoms with E-state index in [1.54, 1.807) is 0 Å². The first-order chi connectivity index (χ1) is 2.50. The summed E-state index contributed by atoms with van der Waals surface area (Å²) < 4.78 is 0. The summed E-state index contributed by atoms with van der Waals surface area (Å²) in [5.41, 5.74) is 0. The fourth-order valence-corrected chi connectivity index (χ4v) is 0.321. The van der Waals surface area contributed by atoms with Gasteiger partial charge >= 0.3 is 17.1 Å². The molecule has 0 unspecified atom stereocenters. The Kier molecular flexibility index (Phi) is 20.0. The molecular weight excluding hydrogens is 162 g/mol. The molecule has 0 fully saturated rings. The van der Waals surface area contributed by atoms with Gasteiger partial charge in [0.2, 0.25) is 0 Å². The zero-order chi connectivity index (χ0) is 3.54. The van der Waals surface area contributed by atoms with Gasteiger partial charge in [0.25, 0.3) is 0 Å². The summed E-state index contributed by atoms with van der Waals surface area (Å²) in [6.45, 7) is 0. The van der Waals surface area contributed by atoms with Gasteiger partial charge in [0.05, 0.1) is 0 Å². The zero-order valence-corrected chi connectivity index (χ0v) is 6.58. The van der Waals surface area contributed by atoms with Crippen LogP contribution in [0.5, 0.6) is 0 Å². The minimum atomic E-state index is 0. The van der Waals surface area contributed by atoms with Crippen molar-refractivity contribution in [1.29, 1.82) is 0 Å². The van der Waals surface area contributed by atoms with E-state index in [4.69, 9.17) is 0 Å². The number of rotatable bonds is 0. The van der Waals surface area contributed by atoms with Crippen molar-refractivity contribution in [1.82, 2.24) is 0 Å². The Morgan fingerprint density at radius 2 is 1.38 bits per heavy atom. The van der Waals surface area contributed by atoms with Crippen LogP contribution in [0, 0.1) is 7.43 Å². The predicted octanol–water partition coefficient (Wildman–Crippen LogP) is -1.14. The SMILES string of the molecule is [CH3-].[Cl-].[Mn+3].c1cc[cH-]c1. The minimum Gasteiger partial charge on any atom is -1.00 e. The fourth-order valence-electron chi connectivity index (χ4n) is 0.321. The van der Waals surface area contributed by atoms with Crippen molar-refractivity contribution in [2.24, 2.45) is 0 Å². The van der Waals surface area contributed by atoms with Gasteiger partial charge in [-0.3, -0.25) is 0 Å². The minimum absolute atomic E-state index is 0. The molecule has 0 aliphatic heterocycles. The Morgan fingerprint density at radius 3 is 1.50 bits per heavy atom. The van der Waals surface area contributed by atoms with Gasteiger partial charge < -0.3 is 19.8 Å². The third-order valence-electron chi connectivity index (χ3n) is 0.556. The molecule has 0 amide bonds. The van der Waals surface area contributed by atoms with Crippen LogP contribution in [0.25, 0.3) is 0 Å². The monoisotopic (exact) mass is 170 g/mol. The first-order valence-corrected chi connectivity index (χ1v) is 1.67. The predicted molar refractivity (Wildman–Crippen MR) is 28.4 cm³/mol. The normalized spacial score (nSPS) is 5.00. The molecular formula is C6H8ClMn. The molecule has 0 spiro atoms. The maximum absolute atomic E-state index is 2.00. The zero-order valence-electron chi connectivity index (χ0n) is 4.64. The third kappa shape index (κ3) is 6.16. The molecule has 0 radical (unpaired) electrons. The van der Waals surface area contributed by atoms with Crippen LogP contribution in [0.2, 0.25) is 0 Å². The number of hydrogen-bond acceptors (Lipinski definition) is 0. The standard InChI is InChI=1S/C5H5.CH3.ClH.Mn/c1-2-4-5-3-1;;;/h1-5H;1H3;1H;/q2*-1;;+3/p-1. The third-order valence-corrected chi connectivity index (χ3v) is 0.556. The van der Waals surface area contributed by atoms with Crippen LogP contribution in [0.3, 0.4) is 0 Å². The second-order valence-corrected chi connectivity index (χ2v) is 0.962. The molecule has 1 aromatic rings. The van der Waals surface area contributed by atoms with Crippen molar-refractivity contribution in [2.75, 3.05) is 0 Å². The summed E-state index contributed by atoms with van der Waals surface area (Å²) in [6.07, 6.45) is 0. The molecule has 1 rings (SSSR count). The summed E-state index contributed by atoms with van der Waals surface area (Å²) >= 11 is 0. The van der Waals surface area contributed by atoms with Crippen molar-refractivity contribution < 1.29 is 29.5 Å². The largest absolute Gasteiger partial charge is 3.00 e. The molecule has 2 heteroatoms. The van der Waals surface area contributed by atoms with E-state index in [9.17, 15) is 0 Å². The van der Waals surface area contributed by atoms with Gasteiger partial charge in [0, 0.05) is 0 Å². The molecule has 0 saturated heterocycles. The first-order valence-electron chi connectivity index (χ1n) is 1.67. The molecule has 0 aromatic heterocycles. The molecule has 0 saturated carbocycles. The van der Waals surface area contributed by atoms with Crippen molar-refractivity contribution >= 4 is 0 Å². The molecule has 1 aromatic carbocycles. The van der Waals surface area contributed by atoms with Crippen LogP contribution in [-0.2, 0) is 17.1 Å². The van der Waals surface area contributed by atoms with Gasteiger partial charge in [-0.15, -0.1) is 0 Å². The summed E-state index contributed by atoms with van der Waals surface area (Å²) in [5.74, 6) is 0. The second kappa shape index (κ2) is 10.2. The molecule has 0 aliphatic carbocycles. The van der Waals surface area contributed by atoms with Gasteiger partial charge in [0.1, 0.15) is 0 Å². The van der Waals surface area contributed by atoms with Gasteiger partial charge in [-0.25, -0.2) is 12.1 Å². The molecule has 0 heterocycles. The van der Waals surface area contributed by atoms with E-state index in [1.165, 1.54) is 0 Å². The molecule has 0 bridgehead atoms. The Balaban J connectivity index is -0.0000000833. The maximum Gasteiger partial charge on any atom is 3.00 e. The Bertz CT molecular complexity index is 65.0. The van der Waals surface area contributed by atoms with Crippen molar-refractivity contribution in [2.45, 2.75) is 0 Å². The number of halogens is 1. The fraction of sp³-hybridized carbons (Fsp3) is 0. The average Bonchev–Trinajstić information content (AvgIpc) is 1.76. The average molecular weight is 171 g/mol. The summed E-state index contributed by atoms with van der Waals surface area (Å²) in [5, 5.41) is 0. The van der Waals surface area contributed by atoms with Crippen molar-refractivity contribution in [3.8, 4) is 0 Å². The second-order valence-electron chi connectivity index (χ2n) is 0.962. The molecule has 0 atom stereocenters. The van der Waals surface area contributed by atoms with E-state index >= 15 is 0 Å². The van der Waals surface area contributed by atoms with E-state index in [2.05, 4.69) is 0 Å². The topological polar surface area (TPSA) is 0 Å². The van der Waals surface area contributed by atoms with Gasteiger partial charge in [0.15, 0.2) is 0 Å². The molecule has 0 aliphatic rings. The summed E-state index contributed by atoms with van der Waals surface area (Å²) in [6, 6.07) is 10.0. The van der Waals surface area contributed by atoms with Crippen LogP contribution < -0.4 is 12.4 Å². The van der Waals surface area contributed by atoms with Crippen LogP contribution in [0.4, 0.5) is 0 Å². The first kappa shape index (κ1) is 15.7. The van der Waals surface area contributed by atoms with E-state index in [0.717, 1.165) is 0 Å². The van der Waals surface area contributed by atoms with Gasteiger partial charge in [-0.1, -0.05) is 0 Å². The smallest absolute Gasteiger partial charge is 1.00 e. The van der Waals surface area contributed by atoms with Crippen LogP contribution in [0.1, 0.15) is 0 Å². The van der Waals surface area contributed by atoms with E-state index in [1.807, 2.05) is 30.3 Å². The van der Waals surface area contributed by atoms with E-state index in [-0.39, 0.29) is 36.9 Å². The van der Waals surface area contributed by atoms with E-state index < -0.39 is 0 Å². The molecule has 0 N–H and O–H groups in total. The molecule has 0 nitrogen and oxygen atoms in total. The molecule has 46 valence electrons. The van der Waals surface area contributed by atoms with Crippen molar-refractivity contribution in [3.63, 3.8) is 0 Å². The Hall–Kier alpha value is 0.159.